The Morgan fingerprint density at radius 1 is 1.73 bits per heavy atom. The molecule has 1 aliphatic rings. The Morgan fingerprint density at radius 2 is 2.45 bits per heavy atom. The van der Waals surface area contributed by atoms with Crippen molar-refractivity contribution < 1.29 is 14.6 Å². The smallest absolute Gasteiger partial charge is 0.0831 e. The van der Waals surface area contributed by atoms with E-state index in [1.807, 2.05) is 0 Å². The van der Waals surface area contributed by atoms with Gasteiger partial charge < -0.3 is 20.3 Å². The van der Waals surface area contributed by atoms with Crippen molar-refractivity contribution in [1.29, 1.82) is 0 Å². The minimum atomic E-state index is -0.0975. The number of nitrogens with two attached hydrogens (primary N) is 1. The lowest BCUT2D eigenvalue weighted by molar-refractivity contribution is -0.0873. The lowest BCUT2D eigenvalue weighted by Gasteiger charge is -2.32. The van der Waals surface area contributed by atoms with Crippen LogP contribution in [0.4, 0.5) is 0 Å². The van der Waals surface area contributed by atoms with Gasteiger partial charge in [-0.15, -0.1) is 0 Å². The molecule has 0 unspecified atom stereocenters. The predicted molar refractivity (Wildman–Crippen MR) is 40.2 cm³/mol. The Kier molecular flexibility index (Phi) is 3.26. The molecular weight excluding hydrogens is 146 g/mol. The van der Waals surface area contributed by atoms with Gasteiger partial charge in [-0.25, -0.2) is 0 Å². The van der Waals surface area contributed by atoms with Crippen molar-refractivity contribution in [3.05, 3.63) is 0 Å². The van der Waals surface area contributed by atoms with Crippen molar-refractivity contribution >= 4 is 0 Å². The first kappa shape index (κ1) is 8.93. The van der Waals surface area contributed by atoms with E-state index in [1.165, 1.54) is 0 Å². The molecule has 0 aromatic rings. The molecule has 4 heteroatoms. The van der Waals surface area contributed by atoms with Gasteiger partial charge >= 0.3 is 0 Å². The van der Waals surface area contributed by atoms with Crippen LogP contribution in [-0.4, -0.2) is 43.7 Å². The summed E-state index contributed by atoms with van der Waals surface area (Å²) in [6.45, 7) is 0.524. The zero-order valence-corrected chi connectivity index (χ0v) is 6.69. The summed E-state index contributed by atoms with van der Waals surface area (Å²) in [6.07, 6.45) is 0.620. The van der Waals surface area contributed by atoms with Gasteiger partial charge in [0.25, 0.3) is 0 Å². The fourth-order valence-corrected chi connectivity index (χ4v) is 1.25. The van der Waals surface area contributed by atoms with Crippen LogP contribution in [0.1, 0.15) is 6.42 Å². The molecule has 3 N–H and O–H groups in total. The Morgan fingerprint density at radius 3 is 3.00 bits per heavy atom. The highest BCUT2D eigenvalue weighted by molar-refractivity contribution is 4.81. The molecule has 4 nitrogen and oxygen atoms in total. The molecule has 11 heavy (non-hydrogen) atoms. The normalized spacial score (nSPS) is 39.0. The predicted octanol–water partition coefficient (Wildman–Crippen LogP) is -0.890. The van der Waals surface area contributed by atoms with E-state index in [4.69, 9.17) is 20.3 Å². The van der Waals surface area contributed by atoms with Crippen LogP contribution < -0.4 is 5.73 Å². The molecule has 0 aromatic carbocycles. The van der Waals surface area contributed by atoms with Crippen molar-refractivity contribution in [2.75, 3.05) is 20.3 Å². The molecule has 0 bridgehead atoms. The Hall–Kier alpha value is -0.160. The zero-order chi connectivity index (χ0) is 8.27. The van der Waals surface area contributed by atoms with Crippen molar-refractivity contribution in [2.45, 2.75) is 24.7 Å². The standard InChI is InChI=1S/C7H15NO3/c1-10-7-2-5(3-9)11-4-6(7)8/h5-7,9H,2-4,8H2,1H3/t5-,6-,7-/m0/s1. The first-order valence-corrected chi connectivity index (χ1v) is 3.78. The molecule has 0 saturated carbocycles. The maximum absolute atomic E-state index is 8.77. The number of aliphatic hydroxyl groups excluding tert-OH is 1. The van der Waals surface area contributed by atoms with Crippen LogP contribution in [0.3, 0.4) is 0 Å². The van der Waals surface area contributed by atoms with Gasteiger partial charge in [-0.3, -0.25) is 0 Å². The number of hydrogen-bond donors (Lipinski definition) is 2. The number of hydrogen-bond acceptors (Lipinski definition) is 4. The van der Waals surface area contributed by atoms with Gasteiger partial charge in [-0.1, -0.05) is 0 Å². The summed E-state index contributed by atoms with van der Waals surface area (Å²) in [7, 11) is 1.63. The lowest BCUT2D eigenvalue weighted by Crippen LogP contribution is -2.48. The third-order valence-corrected chi connectivity index (χ3v) is 2.00. The third-order valence-electron chi connectivity index (χ3n) is 2.00. The topological polar surface area (TPSA) is 64.7 Å². The van der Waals surface area contributed by atoms with Crippen molar-refractivity contribution in [3.8, 4) is 0 Å². The molecule has 0 spiro atoms. The van der Waals surface area contributed by atoms with Gasteiger partial charge in [-0.2, -0.15) is 0 Å². The molecule has 0 radical (unpaired) electrons. The van der Waals surface area contributed by atoms with Gasteiger partial charge in [0.1, 0.15) is 0 Å². The first-order chi connectivity index (χ1) is 5.27. The molecule has 0 aliphatic carbocycles. The summed E-state index contributed by atoms with van der Waals surface area (Å²) < 4.78 is 10.3. The summed E-state index contributed by atoms with van der Waals surface area (Å²) in [5, 5.41) is 8.77. The molecule has 1 rings (SSSR count). The fourth-order valence-electron chi connectivity index (χ4n) is 1.25. The number of ether oxygens (including phenoxy) is 2. The van der Waals surface area contributed by atoms with E-state index < -0.39 is 0 Å². The van der Waals surface area contributed by atoms with Crippen LogP contribution in [-0.2, 0) is 9.47 Å². The van der Waals surface area contributed by atoms with Crippen LogP contribution in [0, 0.1) is 0 Å². The second kappa shape index (κ2) is 4.01. The average Bonchev–Trinajstić information content (AvgIpc) is 2.05. The Balaban J connectivity index is 2.37. The van der Waals surface area contributed by atoms with E-state index in [2.05, 4.69) is 0 Å². The molecule has 3 atom stereocenters. The van der Waals surface area contributed by atoms with Crippen LogP contribution in [0.2, 0.25) is 0 Å². The second-order valence-electron chi connectivity index (χ2n) is 2.81. The highest BCUT2D eigenvalue weighted by Gasteiger charge is 2.27. The summed E-state index contributed by atoms with van der Waals surface area (Å²) in [4.78, 5) is 0. The summed E-state index contributed by atoms with van der Waals surface area (Å²) in [6, 6.07) is -0.0530. The molecular formula is C7H15NO3. The largest absolute Gasteiger partial charge is 0.394 e. The molecule has 0 aromatic heterocycles. The summed E-state index contributed by atoms with van der Waals surface area (Å²) in [5.74, 6) is 0. The van der Waals surface area contributed by atoms with Crippen LogP contribution >= 0.6 is 0 Å². The van der Waals surface area contributed by atoms with E-state index in [-0.39, 0.29) is 24.9 Å². The third kappa shape index (κ3) is 2.13. The van der Waals surface area contributed by atoms with Crippen molar-refractivity contribution in [2.24, 2.45) is 5.73 Å². The summed E-state index contributed by atoms with van der Waals surface area (Å²) in [5.41, 5.74) is 5.67. The highest BCUT2D eigenvalue weighted by atomic mass is 16.5. The average molecular weight is 161 g/mol. The number of aliphatic hydroxyl groups is 1. The van der Waals surface area contributed by atoms with Crippen LogP contribution in [0.15, 0.2) is 0 Å². The summed E-state index contributed by atoms with van der Waals surface area (Å²) >= 11 is 0. The monoisotopic (exact) mass is 161 g/mol. The zero-order valence-electron chi connectivity index (χ0n) is 6.69. The maximum Gasteiger partial charge on any atom is 0.0831 e. The van der Waals surface area contributed by atoms with Gasteiger partial charge in [-0.05, 0) is 0 Å². The van der Waals surface area contributed by atoms with Gasteiger partial charge in [0.15, 0.2) is 0 Å². The minimum absolute atomic E-state index is 0.0286. The van der Waals surface area contributed by atoms with E-state index in [1.54, 1.807) is 7.11 Å². The highest BCUT2D eigenvalue weighted by Crippen LogP contribution is 2.14. The second-order valence-corrected chi connectivity index (χ2v) is 2.81. The molecule has 1 fully saturated rings. The lowest BCUT2D eigenvalue weighted by atomic mass is 10.0. The SMILES string of the molecule is CO[C@H]1C[C@@H](CO)OC[C@@H]1N. The van der Waals surface area contributed by atoms with Crippen LogP contribution in [0.25, 0.3) is 0 Å². The van der Waals surface area contributed by atoms with Gasteiger partial charge in [0.05, 0.1) is 31.5 Å². The molecule has 1 aliphatic heterocycles. The van der Waals surface area contributed by atoms with E-state index in [0.717, 1.165) is 0 Å². The first-order valence-electron chi connectivity index (χ1n) is 3.78. The molecule has 1 saturated heterocycles. The molecule has 1 heterocycles. The van der Waals surface area contributed by atoms with Crippen molar-refractivity contribution in [3.63, 3.8) is 0 Å². The molecule has 66 valence electrons. The van der Waals surface area contributed by atoms with E-state index >= 15 is 0 Å². The Bertz CT molecular complexity index is 120. The molecule has 0 amide bonds. The van der Waals surface area contributed by atoms with Crippen LogP contribution in [0.5, 0.6) is 0 Å². The van der Waals surface area contributed by atoms with E-state index in [0.29, 0.717) is 13.0 Å². The number of methoxy groups -OCH3 is 1. The van der Waals surface area contributed by atoms with Gasteiger partial charge in [0, 0.05) is 13.5 Å². The Labute approximate surface area is 66.3 Å². The fraction of sp³-hybridized carbons (Fsp3) is 1.00. The van der Waals surface area contributed by atoms with E-state index in [9.17, 15) is 0 Å². The maximum atomic E-state index is 8.77. The quantitative estimate of drug-likeness (QED) is 0.551. The number of rotatable bonds is 2. The van der Waals surface area contributed by atoms with Crippen molar-refractivity contribution in [1.82, 2.24) is 0 Å². The minimum Gasteiger partial charge on any atom is -0.394 e. The van der Waals surface area contributed by atoms with Gasteiger partial charge in [0.2, 0.25) is 0 Å².